The highest BCUT2D eigenvalue weighted by Crippen LogP contribution is 2.33. The molecule has 0 aliphatic carbocycles. The van der Waals surface area contributed by atoms with E-state index in [0.717, 1.165) is 24.5 Å². The third kappa shape index (κ3) is 3.43. The Morgan fingerprint density at radius 2 is 2.11 bits per heavy atom. The fraction of sp³-hybridized carbons (Fsp3) is 0.400. The number of para-hydroxylation sites is 1. The quantitative estimate of drug-likeness (QED) is 0.808. The zero-order valence-corrected chi connectivity index (χ0v) is 16.2. The van der Waals surface area contributed by atoms with Gasteiger partial charge in [0.15, 0.2) is 9.84 Å². The second-order valence-electron chi connectivity index (χ2n) is 7.08. The molecule has 142 valence electrons. The molecule has 2 aliphatic rings. The summed E-state index contributed by atoms with van der Waals surface area (Å²) in [5.74, 6) is 0.842. The van der Waals surface area contributed by atoms with E-state index >= 15 is 0 Å². The summed E-state index contributed by atoms with van der Waals surface area (Å²) in [7, 11) is -3.04. The van der Waals surface area contributed by atoms with Gasteiger partial charge in [-0.15, -0.1) is 0 Å². The molecule has 27 heavy (non-hydrogen) atoms. The van der Waals surface area contributed by atoms with Gasteiger partial charge < -0.3 is 9.80 Å². The number of aromatic nitrogens is 1. The fourth-order valence-corrected chi connectivity index (χ4v) is 5.76. The lowest BCUT2D eigenvalue weighted by Crippen LogP contribution is -2.41. The van der Waals surface area contributed by atoms with E-state index in [1.807, 2.05) is 25.1 Å². The highest BCUT2D eigenvalue weighted by Gasteiger charge is 2.34. The molecule has 1 aromatic heterocycles. The predicted octanol–water partition coefficient (Wildman–Crippen LogP) is 2.43. The van der Waals surface area contributed by atoms with Crippen molar-refractivity contribution in [1.29, 1.82) is 0 Å². The molecule has 0 bridgehead atoms. The average molecular weight is 385 g/mol. The largest absolute Gasteiger partial charge is 0.335 e. The number of nitrogens with zero attached hydrogens (tertiary/aromatic N) is 3. The van der Waals surface area contributed by atoms with Gasteiger partial charge in [-0.1, -0.05) is 18.2 Å². The van der Waals surface area contributed by atoms with Gasteiger partial charge in [-0.25, -0.2) is 13.4 Å². The summed E-state index contributed by atoms with van der Waals surface area (Å²) < 4.78 is 23.6. The normalized spacial score (nSPS) is 20.5. The first-order chi connectivity index (χ1) is 13.0. The van der Waals surface area contributed by atoms with Crippen LogP contribution in [-0.4, -0.2) is 54.8 Å². The van der Waals surface area contributed by atoms with Gasteiger partial charge in [-0.3, -0.25) is 4.79 Å². The number of rotatable bonds is 4. The van der Waals surface area contributed by atoms with E-state index in [1.54, 1.807) is 17.2 Å². The first kappa shape index (κ1) is 18.0. The third-order valence-corrected chi connectivity index (χ3v) is 7.16. The molecule has 7 heteroatoms. The lowest BCUT2D eigenvalue weighted by atomic mass is 10.1. The third-order valence-electron chi connectivity index (χ3n) is 5.41. The number of sulfone groups is 1. The molecule has 1 fully saturated rings. The molecule has 2 aliphatic heterocycles. The Hall–Kier alpha value is -2.41. The van der Waals surface area contributed by atoms with Crippen molar-refractivity contribution in [3.63, 3.8) is 0 Å². The smallest absolute Gasteiger partial charge is 0.254 e. The minimum atomic E-state index is -3.04. The highest BCUT2D eigenvalue weighted by molar-refractivity contribution is 7.91. The molecule has 3 heterocycles. The summed E-state index contributed by atoms with van der Waals surface area (Å²) >= 11 is 0. The minimum absolute atomic E-state index is 0.0595. The number of hydrogen-bond donors (Lipinski definition) is 0. The summed E-state index contributed by atoms with van der Waals surface area (Å²) in [6.45, 7) is 3.22. The molecular weight excluding hydrogens is 362 g/mol. The van der Waals surface area contributed by atoms with Gasteiger partial charge in [0.2, 0.25) is 0 Å². The van der Waals surface area contributed by atoms with Crippen molar-refractivity contribution in [2.45, 2.75) is 25.8 Å². The monoisotopic (exact) mass is 385 g/mol. The van der Waals surface area contributed by atoms with E-state index in [2.05, 4.69) is 22.0 Å². The lowest BCUT2D eigenvalue weighted by Gasteiger charge is -2.27. The van der Waals surface area contributed by atoms with Crippen LogP contribution >= 0.6 is 0 Å². The van der Waals surface area contributed by atoms with Crippen LogP contribution in [0.2, 0.25) is 0 Å². The number of pyridine rings is 1. The van der Waals surface area contributed by atoms with Gasteiger partial charge in [0.25, 0.3) is 5.91 Å². The second-order valence-corrected chi connectivity index (χ2v) is 9.31. The maximum Gasteiger partial charge on any atom is 0.254 e. The number of anilines is 2. The molecule has 6 nitrogen and oxygen atoms in total. The van der Waals surface area contributed by atoms with Crippen LogP contribution in [0.1, 0.15) is 29.3 Å². The standard InChI is InChI=1S/C20H23N3O3S/c1-2-22(17-9-12-27(25,26)14-17)20(24)16-7-10-21-19(13-16)23-11-8-15-5-3-4-6-18(15)23/h3-7,10,13,17H,2,8-9,11-12,14H2,1H3. The average Bonchev–Trinajstić information content (AvgIpc) is 3.25. The Bertz CT molecular complexity index is 974. The van der Waals surface area contributed by atoms with Crippen molar-refractivity contribution in [2.24, 2.45) is 0 Å². The second kappa shape index (κ2) is 6.96. The molecule has 4 rings (SSSR count). The van der Waals surface area contributed by atoms with E-state index in [4.69, 9.17) is 0 Å². The first-order valence-corrected chi connectivity index (χ1v) is 11.1. The zero-order valence-electron chi connectivity index (χ0n) is 15.3. The molecule has 2 aromatic rings. The SMILES string of the molecule is CCN(C(=O)c1ccnc(N2CCc3ccccc32)c1)C1CCS(=O)(=O)C1. The number of hydrogen-bond acceptors (Lipinski definition) is 5. The maximum atomic E-state index is 13.1. The summed E-state index contributed by atoms with van der Waals surface area (Å²) in [4.78, 5) is 21.3. The Balaban J connectivity index is 1.60. The molecule has 1 atom stereocenters. The number of carbonyl (C=O) groups excluding carboxylic acids is 1. The number of fused-ring (bicyclic) bond motifs is 1. The van der Waals surface area contributed by atoms with Crippen LogP contribution in [0.5, 0.6) is 0 Å². The molecule has 1 aromatic carbocycles. The van der Waals surface area contributed by atoms with E-state index in [9.17, 15) is 13.2 Å². The number of amides is 1. The first-order valence-electron chi connectivity index (χ1n) is 9.31. The van der Waals surface area contributed by atoms with Gasteiger partial charge in [0.1, 0.15) is 5.82 Å². The zero-order chi connectivity index (χ0) is 19.0. The summed E-state index contributed by atoms with van der Waals surface area (Å²) in [5, 5.41) is 0. The predicted molar refractivity (Wildman–Crippen MR) is 105 cm³/mol. The molecule has 0 spiro atoms. The highest BCUT2D eigenvalue weighted by atomic mass is 32.2. The molecule has 1 unspecified atom stereocenters. The lowest BCUT2D eigenvalue weighted by molar-refractivity contribution is 0.0708. The van der Waals surface area contributed by atoms with Gasteiger partial charge in [-0.05, 0) is 43.5 Å². The van der Waals surface area contributed by atoms with E-state index < -0.39 is 9.84 Å². The molecular formula is C20H23N3O3S. The van der Waals surface area contributed by atoms with Crippen molar-refractivity contribution in [3.05, 3.63) is 53.7 Å². The summed E-state index contributed by atoms with van der Waals surface area (Å²) in [6.07, 6.45) is 3.12. The maximum absolute atomic E-state index is 13.1. The molecule has 1 saturated heterocycles. The van der Waals surface area contributed by atoms with Crippen LogP contribution in [0.4, 0.5) is 11.5 Å². The van der Waals surface area contributed by atoms with Crippen LogP contribution < -0.4 is 4.90 Å². The van der Waals surface area contributed by atoms with Crippen molar-refractivity contribution >= 4 is 27.2 Å². The molecule has 0 saturated carbocycles. The Labute approximate surface area is 159 Å². The van der Waals surface area contributed by atoms with Crippen molar-refractivity contribution in [1.82, 2.24) is 9.88 Å². The van der Waals surface area contributed by atoms with Crippen LogP contribution in [-0.2, 0) is 16.3 Å². The van der Waals surface area contributed by atoms with Gasteiger partial charge >= 0.3 is 0 Å². The van der Waals surface area contributed by atoms with Gasteiger partial charge in [0.05, 0.1) is 11.5 Å². The summed E-state index contributed by atoms with van der Waals surface area (Å²) in [6, 6.07) is 11.5. The topological polar surface area (TPSA) is 70.6 Å². The van der Waals surface area contributed by atoms with Crippen LogP contribution in [0.15, 0.2) is 42.6 Å². The van der Waals surface area contributed by atoms with Crippen molar-refractivity contribution in [2.75, 3.05) is 29.5 Å². The minimum Gasteiger partial charge on any atom is -0.335 e. The number of carbonyl (C=O) groups is 1. The van der Waals surface area contributed by atoms with E-state index in [0.29, 0.717) is 18.5 Å². The molecule has 0 radical (unpaired) electrons. The van der Waals surface area contributed by atoms with Crippen molar-refractivity contribution in [3.8, 4) is 0 Å². The van der Waals surface area contributed by atoms with Crippen LogP contribution in [0.25, 0.3) is 0 Å². The van der Waals surface area contributed by atoms with Gasteiger partial charge in [0, 0.05) is 36.6 Å². The van der Waals surface area contributed by atoms with Crippen LogP contribution in [0, 0.1) is 0 Å². The summed E-state index contributed by atoms with van der Waals surface area (Å²) in [5.41, 5.74) is 2.96. The van der Waals surface area contributed by atoms with Gasteiger partial charge in [-0.2, -0.15) is 0 Å². The Kier molecular flexibility index (Phi) is 4.63. The number of benzene rings is 1. The fourth-order valence-electron chi connectivity index (χ4n) is 4.03. The molecule has 0 N–H and O–H groups in total. The Morgan fingerprint density at radius 1 is 1.30 bits per heavy atom. The van der Waals surface area contributed by atoms with Crippen molar-refractivity contribution < 1.29 is 13.2 Å². The Morgan fingerprint density at radius 3 is 2.85 bits per heavy atom. The molecule has 1 amide bonds. The van der Waals surface area contributed by atoms with Crippen LogP contribution in [0.3, 0.4) is 0 Å². The van der Waals surface area contributed by atoms with E-state index in [1.165, 1.54) is 5.56 Å². The van der Waals surface area contributed by atoms with E-state index in [-0.39, 0.29) is 23.5 Å².